The molecule has 0 atom stereocenters. The molecular weight excluding hydrogens is 212 g/mol. The Labute approximate surface area is 109 Å². The molecule has 0 N–H and O–H groups in total. The molecule has 1 aliphatic rings. The average Bonchev–Trinajstić information content (AvgIpc) is 2.44. The van der Waals surface area contributed by atoms with Gasteiger partial charge < -0.3 is 14.5 Å². The molecular formula is C14H34N2O. The first-order chi connectivity index (χ1) is 8.20. The Kier molecular flexibility index (Phi) is 27.0. The molecule has 0 aliphatic carbocycles. The van der Waals surface area contributed by atoms with Crippen LogP contribution in [0.2, 0.25) is 0 Å². The van der Waals surface area contributed by atoms with Crippen molar-refractivity contribution in [1.82, 2.24) is 9.80 Å². The molecule has 1 rings (SSSR count). The molecule has 0 saturated carbocycles. The van der Waals surface area contributed by atoms with Crippen LogP contribution in [0.25, 0.3) is 0 Å². The first-order valence-corrected chi connectivity index (χ1v) is 6.65. The van der Waals surface area contributed by atoms with E-state index in [1.54, 1.807) is 0 Å². The van der Waals surface area contributed by atoms with Gasteiger partial charge in [-0.2, -0.15) is 0 Å². The van der Waals surface area contributed by atoms with Crippen LogP contribution < -0.4 is 0 Å². The second-order valence-corrected chi connectivity index (χ2v) is 3.40. The summed E-state index contributed by atoms with van der Waals surface area (Å²) in [7, 11) is 4.22. The second kappa shape index (κ2) is 21.0. The Morgan fingerprint density at radius 1 is 1.06 bits per heavy atom. The summed E-state index contributed by atoms with van der Waals surface area (Å²) in [5.74, 6) is 0. The molecule has 0 bridgehead atoms. The van der Waals surface area contributed by atoms with Crippen molar-refractivity contribution in [3.8, 4) is 0 Å². The summed E-state index contributed by atoms with van der Waals surface area (Å²) in [6.45, 7) is 20.7. The molecule has 1 heterocycles. The third-order valence-corrected chi connectivity index (χ3v) is 2.31. The van der Waals surface area contributed by atoms with Gasteiger partial charge >= 0.3 is 0 Å². The molecule has 3 nitrogen and oxygen atoms in total. The number of rotatable bonds is 2. The van der Waals surface area contributed by atoms with Gasteiger partial charge in [-0.15, -0.1) is 13.2 Å². The molecule has 106 valence electrons. The van der Waals surface area contributed by atoms with E-state index in [2.05, 4.69) is 50.9 Å². The zero-order chi connectivity index (χ0) is 14.1. The maximum Gasteiger partial charge on any atom is 0.0594 e. The Balaban J connectivity index is -0.000000180. The fraction of sp³-hybridized carbons (Fsp3) is 0.857. The highest BCUT2D eigenvalue weighted by molar-refractivity contribution is 4.53. The van der Waals surface area contributed by atoms with Crippen molar-refractivity contribution >= 4 is 0 Å². The van der Waals surface area contributed by atoms with Gasteiger partial charge in [0.1, 0.15) is 0 Å². The molecule has 1 aliphatic heterocycles. The summed E-state index contributed by atoms with van der Waals surface area (Å²) in [5.41, 5.74) is 0. The maximum atomic E-state index is 5.10. The van der Waals surface area contributed by atoms with Crippen LogP contribution in [-0.4, -0.2) is 63.3 Å². The summed E-state index contributed by atoms with van der Waals surface area (Å²) in [6, 6.07) is 0. The van der Waals surface area contributed by atoms with Crippen LogP contribution in [0, 0.1) is 0 Å². The molecule has 0 aromatic rings. The van der Waals surface area contributed by atoms with Crippen LogP contribution in [0.4, 0.5) is 0 Å². The number of hydrogen-bond donors (Lipinski definition) is 0. The lowest BCUT2D eigenvalue weighted by Crippen LogP contribution is -2.32. The van der Waals surface area contributed by atoms with E-state index in [1.165, 1.54) is 0 Å². The normalized spacial score (nSPS) is 14.5. The van der Waals surface area contributed by atoms with Crippen LogP contribution in [0.5, 0.6) is 0 Å². The Bertz CT molecular complexity index is 111. The molecule has 0 radical (unpaired) electrons. The van der Waals surface area contributed by atoms with Crippen molar-refractivity contribution < 1.29 is 4.74 Å². The van der Waals surface area contributed by atoms with E-state index in [0.29, 0.717) is 0 Å². The predicted octanol–water partition coefficient (Wildman–Crippen LogP) is 2.73. The van der Waals surface area contributed by atoms with Gasteiger partial charge in [-0.05, 0) is 27.2 Å². The van der Waals surface area contributed by atoms with Gasteiger partial charge in [-0.3, -0.25) is 0 Å². The lowest BCUT2D eigenvalue weighted by Gasteiger charge is -2.21. The number of likely N-dealkylation sites (N-methyl/N-ethyl adjacent to an activating group) is 1. The molecule has 0 unspecified atom stereocenters. The van der Waals surface area contributed by atoms with Crippen LogP contribution in [0.1, 0.15) is 27.7 Å². The Morgan fingerprint density at radius 3 is 1.53 bits per heavy atom. The molecule has 0 spiro atoms. The average molecular weight is 246 g/mol. The zero-order valence-corrected chi connectivity index (χ0v) is 13.0. The van der Waals surface area contributed by atoms with Gasteiger partial charge in [0.25, 0.3) is 0 Å². The van der Waals surface area contributed by atoms with Crippen LogP contribution >= 0.6 is 0 Å². The summed E-state index contributed by atoms with van der Waals surface area (Å²) >= 11 is 0. The van der Waals surface area contributed by atoms with Crippen molar-refractivity contribution in [2.24, 2.45) is 0 Å². The van der Waals surface area contributed by atoms with E-state index >= 15 is 0 Å². The molecule has 1 saturated heterocycles. The van der Waals surface area contributed by atoms with Gasteiger partial charge in [0.05, 0.1) is 13.2 Å². The lowest BCUT2D eigenvalue weighted by atomic mass is 10.5. The summed E-state index contributed by atoms with van der Waals surface area (Å²) < 4.78 is 5.10. The highest BCUT2D eigenvalue weighted by atomic mass is 16.5. The number of hydrogen-bond acceptors (Lipinski definition) is 3. The first-order valence-electron chi connectivity index (χ1n) is 6.65. The van der Waals surface area contributed by atoms with Gasteiger partial charge in [0, 0.05) is 13.1 Å². The third-order valence-electron chi connectivity index (χ3n) is 2.31. The minimum absolute atomic E-state index is 0.913. The van der Waals surface area contributed by atoms with E-state index in [4.69, 9.17) is 4.74 Å². The van der Waals surface area contributed by atoms with Crippen molar-refractivity contribution in [3.05, 3.63) is 13.2 Å². The fourth-order valence-corrected chi connectivity index (χ4v) is 0.878. The topological polar surface area (TPSA) is 15.7 Å². The molecule has 17 heavy (non-hydrogen) atoms. The maximum absolute atomic E-state index is 5.10. The Morgan fingerprint density at radius 2 is 1.41 bits per heavy atom. The SMILES string of the molecule is C=C.CC.CCN(C)CC.CN1CCOCC1. The minimum Gasteiger partial charge on any atom is -0.379 e. The van der Waals surface area contributed by atoms with Crippen molar-refractivity contribution in [3.63, 3.8) is 0 Å². The summed E-state index contributed by atoms with van der Waals surface area (Å²) in [6.07, 6.45) is 0. The number of nitrogens with zero attached hydrogens (tertiary/aromatic N) is 2. The quantitative estimate of drug-likeness (QED) is 0.697. The predicted molar refractivity (Wildman–Crippen MR) is 79.8 cm³/mol. The monoisotopic (exact) mass is 246 g/mol. The van der Waals surface area contributed by atoms with E-state index in [1.807, 2.05) is 13.8 Å². The Hall–Kier alpha value is -0.380. The molecule has 3 heteroatoms. The van der Waals surface area contributed by atoms with Crippen molar-refractivity contribution in [1.29, 1.82) is 0 Å². The van der Waals surface area contributed by atoms with Gasteiger partial charge in [0.2, 0.25) is 0 Å². The third kappa shape index (κ3) is 21.5. The van der Waals surface area contributed by atoms with Crippen molar-refractivity contribution in [2.45, 2.75) is 27.7 Å². The molecule has 1 fully saturated rings. The van der Waals surface area contributed by atoms with E-state index in [-0.39, 0.29) is 0 Å². The fourth-order valence-electron chi connectivity index (χ4n) is 0.878. The minimum atomic E-state index is 0.913. The van der Waals surface area contributed by atoms with Gasteiger partial charge in [-0.25, -0.2) is 0 Å². The van der Waals surface area contributed by atoms with Crippen LogP contribution in [-0.2, 0) is 4.74 Å². The van der Waals surface area contributed by atoms with Gasteiger partial charge in [-0.1, -0.05) is 27.7 Å². The van der Waals surface area contributed by atoms with Crippen molar-refractivity contribution in [2.75, 3.05) is 53.5 Å². The lowest BCUT2D eigenvalue weighted by molar-refractivity contribution is 0.0503. The van der Waals surface area contributed by atoms with E-state index in [9.17, 15) is 0 Å². The van der Waals surface area contributed by atoms with Crippen LogP contribution in [0.3, 0.4) is 0 Å². The molecule has 0 aromatic heterocycles. The second-order valence-electron chi connectivity index (χ2n) is 3.40. The standard InChI is InChI=1S/C5H11NO.C5H13N.C2H6.C2H4/c1-6-2-4-7-5-3-6;1-4-6(3)5-2;2*1-2/h2-5H2,1H3;4-5H2,1-3H3;1-2H3;1-2H2. The van der Waals surface area contributed by atoms with Gasteiger partial charge in [0.15, 0.2) is 0 Å². The number of ether oxygens (including phenoxy) is 1. The first kappa shape index (κ1) is 21.9. The number of morpholine rings is 1. The summed E-state index contributed by atoms with van der Waals surface area (Å²) in [5, 5.41) is 0. The summed E-state index contributed by atoms with van der Waals surface area (Å²) in [4.78, 5) is 4.52. The molecule has 0 amide bonds. The smallest absolute Gasteiger partial charge is 0.0594 e. The zero-order valence-electron chi connectivity index (χ0n) is 13.0. The van der Waals surface area contributed by atoms with E-state index in [0.717, 1.165) is 39.4 Å². The van der Waals surface area contributed by atoms with E-state index < -0.39 is 0 Å². The van der Waals surface area contributed by atoms with Crippen LogP contribution in [0.15, 0.2) is 13.2 Å². The largest absolute Gasteiger partial charge is 0.379 e. The highest BCUT2D eigenvalue weighted by Crippen LogP contribution is 1.89. The molecule has 0 aromatic carbocycles. The highest BCUT2D eigenvalue weighted by Gasteiger charge is 2.02.